The van der Waals surface area contributed by atoms with Crippen LogP contribution >= 0.6 is 11.6 Å². The van der Waals surface area contributed by atoms with E-state index in [1.807, 2.05) is 0 Å². The molecule has 1 aromatic carbocycles. The highest BCUT2D eigenvalue weighted by atomic mass is 35.5. The monoisotopic (exact) mass is 300 g/mol. The van der Waals surface area contributed by atoms with Gasteiger partial charge in [0.2, 0.25) is 10.0 Å². The molecule has 0 bridgehead atoms. The summed E-state index contributed by atoms with van der Waals surface area (Å²) in [6, 6.07) is 8.15. The fraction of sp³-hybridized carbons (Fsp3) is 0.250. The Balaban J connectivity index is 2.33. The van der Waals surface area contributed by atoms with Crippen molar-refractivity contribution in [2.24, 2.45) is 0 Å². The molecule has 0 unspecified atom stereocenters. The van der Waals surface area contributed by atoms with Gasteiger partial charge in [0.25, 0.3) is 0 Å². The Bertz CT molecular complexity index is 663. The van der Waals surface area contributed by atoms with E-state index in [9.17, 15) is 8.42 Å². The van der Waals surface area contributed by atoms with E-state index in [-0.39, 0.29) is 10.8 Å². The molecule has 0 saturated carbocycles. The van der Waals surface area contributed by atoms with Gasteiger partial charge in [0.1, 0.15) is 0 Å². The molecular formula is C12H13ClN2O3S. The Morgan fingerprint density at radius 1 is 1.26 bits per heavy atom. The van der Waals surface area contributed by atoms with Crippen LogP contribution in [0.15, 0.2) is 39.8 Å². The molecule has 1 aromatic heterocycles. The number of aromatic nitrogens is 1. The molecular weight excluding hydrogens is 288 g/mol. The molecule has 102 valence electrons. The fourth-order valence-corrected chi connectivity index (χ4v) is 2.54. The Morgan fingerprint density at radius 2 is 1.89 bits per heavy atom. The quantitative estimate of drug-likeness (QED) is 0.813. The minimum absolute atomic E-state index is 0.235. The van der Waals surface area contributed by atoms with Crippen LogP contribution in [0.5, 0.6) is 0 Å². The Morgan fingerprint density at radius 3 is 2.37 bits per heavy atom. The molecule has 0 aliphatic rings. The van der Waals surface area contributed by atoms with Crippen LogP contribution in [-0.2, 0) is 15.9 Å². The highest BCUT2D eigenvalue weighted by Crippen LogP contribution is 2.23. The first-order chi connectivity index (χ1) is 8.95. The summed E-state index contributed by atoms with van der Waals surface area (Å²) in [6.45, 7) is 0. The fourth-order valence-electron chi connectivity index (χ4n) is 1.51. The lowest BCUT2D eigenvalue weighted by Gasteiger charge is -2.11. The second-order valence-electron chi connectivity index (χ2n) is 4.13. The molecule has 0 saturated heterocycles. The maximum absolute atomic E-state index is 11.9. The van der Waals surface area contributed by atoms with Crippen molar-refractivity contribution in [2.75, 3.05) is 14.1 Å². The van der Waals surface area contributed by atoms with Crippen LogP contribution in [0.2, 0.25) is 0 Å². The number of halogens is 1. The number of hydrogen-bond acceptors (Lipinski definition) is 4. The van der Waals surface area contributed by atoms with Crippen molar-refractivity contribution in [3.63, 3.8) is 0 Å². The first-order valence-corrected chi connectivity index (χ1v) is 7.47. The standard InChI is InChI=1S/C12H13ClN2O3S/c1-15(2)19(16,17)11-5-3-9(4-6-11)12-7-10(8-13)14-18-12/h3-7H,8H2,1-2H3. The smallest absolute Gasteiger partial charge is 0.242 e. The molecule has 19 heavy (non-hydrogen) atoms. The third-order valence-electron chi connectivity index (χ3n) is 2.61. The van der Waals surface area contributed by atoms with E-state index in [4.69, 9.17) is 16.1 Å². The number of nitrogens with zero attached hydrogens (tertiary/aromatic N) is 2. The van der Waals surface area contributed by atoms with Gasteiger partial charge in [-0.3, -0.25) is 0 Å². The number of rotatable bonds is 4. The van der Waals surface area contributed by atoms with Crippen LogP contribution in [0.1, 0.15) is 5.69 Å². The minimum Gasteiger partial charge on any atom is -0.356 e. The first kappa shape index (κ1) is 14.0. The van der Waals surface area contributed by atoms with Crippen molar-refractivity contribution in [3.05, 3.63) is 36.0 Å². The van der Waals surface area contributed by atoms with Crippen LogP contribution in [-0.4, -0.2) is 32.0 Å². The van der Waals surface area contributed by atoms with Crippen molar-refractivity contribution in [3.8, 4) is 11.3 Å². The van der Waals surface area contributed by atoms with Crippen LogP contribution in [0, 0.1) is 0 Å². The summed E-state index contributed by atoms with van der Waals surface area (Å²) < 4.78 is 30.1. The summed E-state index contributed by atoms with van der Waals surface area (Å²) in [6.07, 6.45) is 0. The SMILES string of the molecule is CN(C)S(=O)(=O)c1ccc(-c2cc(CCl)no2)cc1. The van der Waals surface area contributed by atoms with Crippen molar-refractivity contribution >= 4 is 21.6 Å². The zero-order chi connectivity index (χ0) is 14.0. The molecule has 0 atom stereocenters. The average Bonchev–Trinajstić information content (AvgIpc) is 2.87. The van der Waals surface area contributed by atoms with Crippen molar-refractivity contribution in [1.29, 1.82) is 0 Å². The average molecular weight is 301 g/mol. The molecule has 0 N–H and O–H groups in total. The van der Waals surface area contributed by atoms with Gasteiger partial charge in [-0.15, -0.1) is 11.6 Å². The predicted molar refractivity (Wildman–Crippen MR) is 72.4 cm³/mol. The number of sulfonamides is 1. The van der Waals surface area contributed by atoms with Gasteiger partial charge >= 0.3 is 0 Å². The summed E-state index contributed by atoms with van der Waals surface area (Å²) >= 11 is 5.64. The van der Waals surface area contributed by atoms with E-state index in [1.54, 1.807) is 18.2 Å². The van der Waals surface area contributed by atoms with E-state index < -0.39 is 10.0 Å². The summed E-state index contributed by atoms with van der Waals surface area (Å²) in [5.74, 6) is 0.834. The highest BCUT2D eigenvalue weighted by Gasteiger charge is 2.17. The van der Waals surface area contributed by atoms with Gasteiger partial charge < -0.3 is 4.52 Å². The number of benzene rings is 1. The molecule has 7 heteroatoms. The Labute approximate surface area is 116 Å². The Kier molecular flexibility index (Phi) is 3.93. The van der Waals surface area contributed by atoms with E-state index in [0.717, 1.165) is 5.56 Å². The molecule has 2 aromatic rings. The first-order valence-electron chi connectivity index (χ1n) is 5.49. The molecule has 0 fully saturated rings. The predicted octanol–water partition coefficient (Wildman–Crippen LogP) is 2.33. The van der Waals surface area contributed by atoms with Crippen LogP contribution in [0.3, 0.4) is 0 Å². The van der Waals surface area contributed by atoms with Crippen LogP contribution in [0.25, 0.3) is 11.3 Å². The molecule has 2 rings (SSSR count). The van der Waals surface area contributed by atoms with Gasteiger partial charge in [-0.05, 0) is 24.3 Å². The molecule has 0 aliphatic carbocycles. The minimum atomic E-state index is -3.41. The van der Waals surface area contributed by atoms with Gasteiger partial charge in [0.05, 0.1) is 16.5 Å². The van der Waals surface area contributed by atoms with Gasteiger partial charge in [0, 0.05) is 25.7 Å². The topological polar surface area (TPSA) is 63.4 Å². The van der Waals surface area contributed by atoms with Crippen molar-refractivity contribution < 1.29 is 12.9 Å². The highest BCUT2D eigenvalue weighted by molar-refractivity contribution is 7.89. The molecule has 5 nitrogen and oxygen atoms in total. The van der Waals surface area contributed by atoms with E-state index in [2.05, 4.69) is 5.16 Å². The molecule has 0 radical (unpaired) electrons. The van der Waals surface area contributed by atoms with Gasteiger partial charge in [0.15, 0.2) is 5.76 Å². The summed E-state index contributed by atoms with van der Waals surface area (Å²) in [5.41, 5.74) is 1.39. The zero-order valence-electron chi connectivity index (χ0n) is 10.5. The number of alkyl halides is 1. The Hall–Kier alpha value is -1.37. The molecule has 0 spiro atoms. The third-order valence-corrected chi connectivity index (χ3v) is 4.72. The normalized spacial score (nSPS) is 12.0. The lowest BCUT2D eigenvalue weighted by molar-refractivity contribution is 0.426. The summed E-state index contributed by atoms with van der Waals surface area (Å²) in [5, 5.41) is 3.78. The van der Waals surface area contributed by atoms with E-state index in [1.165, 1.54) is 30.5 Å². The van der Waals surface area contributed by atoms with Crippen molar-refractivity contribution in [2.45, 2.75) is 10.8 Å². The molecule has 0 aliphatic heterocycles. The van der Waals surface area contributed by atoms with Crippen LogP contribution in [0.4, 0.5) is 0 Å². The largest absolute Gasteiger partial charge is 0.356 e. The molecule has 1 heterocycles. The van der Waals surface area contributed by atoms with Gasteiger partial charge in [-0.2, -0.15) is 0 Å². The second kappa shape index (κ2) is 5.32. The zero-order valence-corrected chi connectivity index (χ0v) is 12.1. The van der Waals surface area contributed by atoms with Gasteiger partial charge in [-0.1, -0.05) is 5.16 Å². The lowest BCUT2D eigenvalue weighted by atomic mass is 10.2. The maximum Gasteiger partial charge on any atom is 0.242 e. The second-order valence-corrected chi connectivity index (χ2v) is 6.55. The summed E-state index contributed by atoms with van der Waals surface area (Å²) in [7, 11) is -0.424. The lowest BCUT2D eigenvalue weighted by Crippen LogP contribution is -2.22. The molecule has 0 amide bonds. The third kappa shape index (κ3) is 2.80. The van der Waals surface area contributed by atoms with E-state index in [0.29, 0.717) is 11.5 Å². The van der Waals surface area contributed by atoms with Crippen LogP contribution < -0.4 is 0 Å². The van der Waals surface area contributed by atoms with Gasteiger partial charge in [-0.25, -0.2) is 12.7 Å². The summed E-state index contributed by atoms with van der Waals surface area (Å²) in [4.78, 5) is 0.235. The maximum atomic E-state index is 11.9. The van der Waals surface area contributed by atoms with Crippen molar-refractivity contribution in [1.82, 2.24) is 9.46 Å². The van der Waals surface area contributed by atoms with E-state index >= 15 is 0 Å². The number of hydrogen-bond donors (Lipinski definition) is 0.